The van der Waals surface area contributed by atoms with Gasteiger partial charge in [-0.25, -0.2) is 0 Å². The van der Waals surface area contributed by atoms with E-state index in [1.807, 2.05) is 12.3 Å². The smallest absolute Gasteiger partial charge is 0.0849 e. The molecular weight excluding hydrogens is 260 g/mol. The minimum Gasteiger partial charge on any atom is -0.373 e. The van der Waals surface area contributed by atoms with Crippen molar-refractivity contribution in [2.75, 3.05) is 13.2 Å². The first kappa shape index (κ1) is 14.5. The van der Waals surface area contributed by atoms with Gasteiger partial charge in [-0.1, -0.05) is 25.1 Å². The molecule has 1 aliphatic rings. The molecular formula is C18H24N2O. The average molecular weight is 284 g/mol. The lowest BCUT2D eigenvalue weighted by molar-refractivity contribution is -0.0120. The van der Waals surface area contributed by atoms with Gasteiger partial charge in [0.15, 0.2) is 0 Å². The van der Waals surface area contributed by atoms with Gasteiger partial charge in [0, 0.05) is 18.2 Å². The molecule has 1 saturated heterocycles. The summed E-state index contributed by atoms with van der Waals surface area (Å²) < 4.78 is 6.12. The predicted octanol–water partition coefficient (Wildman–Crippen LogP) is 3.84. The Morgan fingerprint density at radius 1 is 1.33 bits per heavy atom. The molecule has 112 valence electrons. The summed E-state index contributed by atoms with van der Waals surface area (Å²) in [6, 6.07) is 10.8. The van der Waals surface area contributed by atoms with Crippen molar-refractivity contribution < 1.29 is 4.74 Å². The van der Waals surface area contributed by atoms with Crippen molar-refractivity contribution >= 4 is 10.9 Å². The van der Waals surface area contributed by atoms with Crippen LogP contribution < -0.4 is 5.32 Å². The summed E-state index contributed by atoms with van der Waals surface area (Å²) in [4.78, 5) is 4.49. The zero-order chi connectivity index (χ0) is 14.7. The normalized spacial score (nSPS) is 23.5. The highest BCUT2D eigenvalue weighted by Crippen LogP contribution is 2.39. The Morgan fingerprint density at radius 2 is 2.24 bits per heavy atom. The van der Waals surface area contributed by atoms with E-state index in [1.54, 1.807) is 0 Å². The van der Waals surface area contributed by atoms with Crippen LogP contribution in [-0.4, -0.2) is 23.7 Å². The largest absolute Gasteiger partial charge is 0.373 e. The Balaban J connectivity index is 2.05. The maximum Gasteiger partial charge on any atom is 0.0849 e. The Labute approximate surface area is 126 Å². The second-order valence-electron chi connectivity index (χ2n) is 6.07. The molecule has 1 fully saturated rings. The van der Waals surface area contributed by atoms with Crippen molar-refractivity contribution in [2.24, 2.45) is 0 Å². The van der Waals surface area contributed by atoms with Gasteiger partial charge in [-0.3, -0.25) is 4.98 Å². The second-order valence-corrected chi connectivity index (χ2v) is 6.07. The molecule has 21 heavy (non-hydrogen) atoms. The number of nitrogens with zero attached hydrogens (tertiary/aromatic N) is 1. The van der Waals surface area contributed by atoms with Crippen LogP contribution in [0.1, 0.15) is 44.7 Å². The van der Waals surface area contributed by atoms with Crippen LogP contribution in [-0.2, 0) is 4.74 Å². The number of hydrogen-bond acceptors (Lipinski definition) is 3. The zero-order valence-corrected chi connectivity index (χ0v) is 12.9. The lowest BCUT2D eigenvalue weighted by Crippen LogP contribution is -2.41. The molecule has 1 aromatic heterocycles. The van der Waals surface area contributed by atoms with Crippen molar-refractivity contribution in [1.82, 2.24) is 10.3 Å². The van der Waals surface area contributed by atoms with Crippen molar-refractivity contribution in [1.29, 1.82) is 0 Å². The van der Waals surface area contributed by atoms with Crippen LogP contribution in [0.2, 0.25) is 0 Å². The standard InChI is InChI=1S/C18H24N2O/c1-3-11-20-17(18(2)10-6-13-21-18)15-7-4-9-16-14(15)8-5-12-19-16/h4-5,7-9,12,17,20H,3,6,10-11,13H2,1-2H3. The monoisotopic (exact) mass is 284 g/mol. The minimum atomic E-state index is -0.126. The highest BCUT2D eigenvalue weighted by molar-refractivity contribution is 5.82. The van der Waals surface area contributed by atoms with Crippen molar-refractivity contribution in [3.8, 4) is 0 Å². The molecule has 2 unspecified atom stereocenters. The van der Waals surface area contributed by atoms with Gasteiger partial charge in [-0.2, -0.15) is 0 Å². The van der Waals surface area contributed by atoms with E-state index < -0.39 is 0 Å². The fraction of sp³-hybridized carbons (Fsp3) is 0.500. The molecule has 2 atom stereocenters. The van der Waals surface area contributed by atoms with Crippen LogP contribution in [0.15, 0.2) is 36.5 Å². The van der Waals surface area contributed by atoms with Gasteiger partial charge < -0.3 is 10.1 Å². The minimum absolute atomic E-state index is 0.126. The van der Waals surface area contributed by atoms with E-state index in [9.17, 15) is 0 Å². The molecule has 0 radical (unpaired) electrons. The second kappa shape index (κ2) is 6.12. The maximum absolute atomic E-state index is 6.12. The van der Waals surface area contributed by atoms with E-state index in [1.165, 1.54) is 10.9 Å². The number of hydrogen-bond donors (Lipinski definition) is 1. The summed E-state index contributed by atoms with van der Waals surface area (Å²) in [6.45, 7) is 6.30. The highest BCUT2D eigenvalue weighted by atomic mass is 16.5. The SMILES string of the molecule is CCCNC(c1cccc2ncccc12)C1(C)CCCO1. The van der Waals surface area contributed by atoms with Crippen LogP contribution in [0.5, 0.6) is 0 Å². The van der Waals surface area contributed by atoms with E-state index in [0.717, 1.165) is 37.9 Å². The van der Waals surface area contributed by atoms with E-state index in [-0.39, 0.29) is 11.6 Å². The van der Waals surface area contributed by atoms with E-state index in [4.69, 9.17) is 4.74 Å². The summed E-state index contributed by atoms with van der Waals surface area (Å²) in [5, 5.41) is 4.93. The van der Waals surface area contributed by atoms with Crippen LogP contribution in [0.4, 0.5) is 0 Å². The molecule has 1 aromatic carbocycles. The Bertz CT molecular complexity index is 600. The summed E-state index contributed by atoms with van der Waals surface area (Å²) in [5.41, 5.74) is 2.23. The van der Waals surface area contributed by atoms with Gasteiger partial charge in [0.1, 0.15) is 0 Å². The Kier molecular flexibility index (Phi) is 4.22. The summed E-state index contributed by atoms with van der Waals surface area (Å²) in [7, 11) is 0. The highest BCUT2D eigenvalue weighted by Gasteiger charge is 2.39. The lowest BCUT2D eigenvalue weighted by Gasteiger charge is -2.35. The number of ether oxygens (including phenoxy) is 1. The summed E-state index contributed by atoms with van der Waals surface area (Å²) in [6.07, 6.45) is 5.22. The first-order valence-electron chi connectivity index (χ1n) is 7.95. The summed E-state index contributed by atoms with van der Waals surface area (Å²) >= 11 is 0. The zero-order valence-electron chi connectivity index (χ0n) is 12.9. The van der Waals surface area contributed by atoms with E-state index in [2.05, 4.69) is 48.4 Å². The molecule has 0 bridgehead atoms. The fourth-order valence-electron chi connectivity index (χ4n) is 3.35. The number of fused-ring (bicyclic) bond motifs is 1. The van der Waals surface area contributed by atoms with E-state index >= 15 is 0 Å². The first-order chi connectivity index (χ1) is 10.2. The van der Waals surface area contributed by atoms with Crippen molar-refractivity contribution in [3.63, 3.8) is 0 Å². The molecule has 2 heterocycles. The topological polar surface area (TPSA) is 34.2 Å². The molecule has 0 aliphatic carbocycles. The van der Waals surface area contributed by atoms with Crippen LogP contribution in [0.25, 0.3) is 10.9 Å². The lowest BCUT2D eigenvalue weighted by atomic mass is 9.86. The van der Waals surface area contributed by atoms with Gasteiger partial charge in [0.2, 0.25) is 0 Å². The van der Waals surface area contributed by atoms with Gasteiger partial charge in [-0.05, 0) is 50.4 Å². The molecule has 3 rings (SSSR count). The first-order valence-corrected chi connectivity index (χ1v) is 7.95. The number of aromatic nitrogens is 1. The molecule has 0 spiro atoms. The van der Waals surface area contributed by atoms with E-state index in [0.29, 0.717) is 0 Å². The molecule has 3 nitrogen and oxygen atoms in total. The Morgan fingerprint density at radius 3 is 3.00 bits per heavy atom. The molecule has 1 aliphatic heterocycles. The van der Waals surface area contributed by atoms with Crippen molar-refractivity contribution in [3.05, 3.63) is 42.1 Å². The Hall–Kier alpha value is -1.45. The van der Waals surface area contributed by atoms with Gasteiger partial charge in [0.25, 0.3) is 0 Å². The van der Waals surface area contributed by atoms with Crippen LogP contribution in [0.3, 0.4) is 0 Å². The van der Waals surface area contributed by atoms with Crippen LogP contribution >= 0.6 is 0 Å². The number of benzene rings is 1. The average Bonchev–Trinajstić information content (AvgIpc) is 2.95. The van der Waals surface area contributed by atoms with Crippen LogP contribution in [0, 0.1) is 0 Å². The number of nitrogens with one attached hydrogen (secondary N) is 1. The van der Waals surface area contributed by atoms with Gasteiger partial charge in [0.05, 0.1) is 17.2 Å². The molecule has 0 amide bonds. The fourth-order valence-corrected chi connectivity index (χ4v) is 3.35. The van der Waals surface area contributed by atoms with Gasteiger partial charge >= 0.3 is 0 Å². The van der Waals surface area contributed by atoms with Gasteiger partial charge in [-0.15, -0.1) is 0 Å². The predicted molar refractivity (Wildman–Crippen MR) is 86.4 cm³/mol. The number of pyridine rings is 1. The third-order valence-electron chi connectivity index (χ3n) is 4.45. The molecule has 3 heteroatoms. The van der Waals surface area contributed by atoms with Crippen molar-refractivity contribution in [2.45, 2.75) is 44.8 Å². The number of rotatable bonds is 5. The molecule has 1 N–H and O–H groups in total. The molecule has 0 saturated carbocycles. The molecule has 2 aromatic rings. The maximum atomic E-state index is 6.12. The quantitative estimate of drug-likeness (QED) is 0.905. The third kappa shape index (κ3) is 2.81. The third-order valence-corrected chi connectivity index (χ3v) is 4.45. The summed E-state index contributed by atoms with van der Waals surface area (Å²) in [5.74, 6) is 0.